The van der Waals surface area contributed by atoms with Crippen molar-refractivity contribution < 1.29 is 4.79 Å². The molecule has 0 atom stereocenters. The number of thiophene rings is 1. The predicted octanol–water partition coefficient (Wildman–Crippen LogP) is 1.52. The Hall–Kier alpha value is -2.15. The van der Waals surface area contributed by atoms with Crippen molar-refractivity contribution in [3.63, 3.8) is 0 Å². The Labute approximate surface area is 126 Å². The minimum atomic E-state index is -0.168. The molecule has 0 aliphatic heterocycles. The monoisotopic (exact) mass is 306 g/mol. The van der Waals surface area contributed by atoms with Crippen LogP contribution in [0.1, 0.15) is 16.4 Å². The maximum atomic E-state index is 11.9. The molecule has 0 bridgehead atoms. The van der Waals surface area contributed by atoms with Gasteiger partial charge in [0.2, 0.25) is 0 Å². The fourth-order valence-electron chi connectivity index (χ4n) is 1.89. The molecule has 2 aromatic rings. The minimum Gasteiger partial charge on any atom is -0.338 e. The fourth-order valence-corrected chi connectivity index (χ4v) is 2.65. The number of H-pyrrole nitrogens is 1. The van der Waals surface area contributed by atoms with E-state index in [0.29, 0.717) is 31.0 Å². The van der Waals surface area contributed by atoms with E-state index < -0.39 is 0 Å². The number of rotatable bonds is 5. The molecular formula is C14H18N4O2S. The van der Waals surface area contributed by atoms with E-state index >= 15 is 0 Å². The second kappa shape index (κ2) is 7.03. The van der Waals surface area contributed by atoms with Crippen LogP contribution >= 0.6 is 11.3 Å². The largest absolute Gasteiger partial charge is 0.338 e. The van der Waals surface area contributed by atoms with E-state index in [2.05, 4.69) is 15.3 Å². The molecular weight excluding hydrogens is 288 g/mol. The summed E-state index contributed by atoms with van der Waals surface area (Å²) in [5.74, 6) is 0.584. The van der Waals surface area contributed by atoms with Crippen LogP contribution in [0.15, 0.2) is 28.4 Å². The summed E-state index contributed by atoms with van der Waals surface area (Å²) in [6.45, 7) is 2.79. The maximum absolute atomic E-state index is 11.9. The smallest absolute Gasteiger partial charge is 0.317 e. The molecule has 2 N–H and O–H groups in total. The van der Waals surface area contributed by atoms with E-state index in [1.54, 1.807) is 30.2 Å². The lowest BCUT2D eigenvalue weighted by Gasteiger charge is -2.17. The van der Waals surface area contributed by atoms with Gasteiger partial charge < -0.3 is 15.2 Å². The highest BCUT2D eigenvalue weighted by atomic mass is 32.1. The van der Waals surface area contributed by atoms with Crippen molar-refractivity contribution in [1.82, 2.24) is 20.2 Å². The number of urea groups is 1. The summed E-state index contributed by atoms with van der Waals surface area (Å²) in [4.78, 5) is 32.9. The van der Waals surface area contributed by atoms with Gasteiger partial charge in [-0.15, -0.1) is 11.3 Å². The molecule has 0 saturated carbocycles. The molecule has 0 radical (unpaired) electrons. The highest BCUT2D eigenvalue weighted by Gasteiger charge is 2.09. The first-order valence-corrected chi connectivity index (χ1v) is 7.51. The fraction of sp³-hybridized carbons (Fsp3) is 0.357. The molecule has 0 aliphatic rings. The Balaban J connectivity index is 1.79. The van der Waals surface area contributed by atoms with Gasteiger partial charge in [-0.2, -0.15) is 0 Å². The Morgan fingerprint density at radius 2 is 2.33 bits per heavy atom. The van der Waals surface area contributed by atoms with Crippen molar-refractivity contribution >= 4 is 17.4 Å². The second-order valence-electron chi connectivity index (χ2n) is 4.75. The molecule has 2 rings (SSSR count). The number of carbonyl (C=O) groups is 1. The van der Waals surface area contributed by atoms with E-state index in [1.165, 1.54) is 6.07 Å². The van der Waals surface area contributed by atoms with Crippen molar-refractivity contribution in [2.75, 3.05) is 13.6 Å². The lowest BCUT2D eigenvalue weighted by Crippen LogP contribution is -2.37. The summed E-state index contributed by atoms with van der Waals surface area (Å²) in [6.07, 6.45) is 0.496. The number of carbonyl (C=O) groups excluding carboxylic acids is 1. The van der Waals surface area contributed by atoms with Crippen molar-refractivity contribution in [3.05, 3.63) is 50.3 Å². The lowest BCUT2D eigenvalue weighted by atomic mass is 10.3. The summed E-state index contributed by atoms with van der Waals surface area (Å²) in [5.41, 5.74) is 0.508. The number of nitrogens with zero attached hydrogens (tertiary/aromatic N) is 2. The van der Waals surface area contributed by atoms with E-state index in [1.807, 2.05) is 17.5 Å². The van der Waals surface area contributed by atoms with Crippen LogP contribution in [0.3, 0.4) is 0 Å². The molecule has 0 aliphatic carbocycles. The number of hydrogen-bond acceptors (Lipinski definition) is 4. The molecule has 0 spiro atoms. The molecule has 2 amide bonds. The average Bonchev–Trinajstić information content (AvgIpc) is 2.90. The zero-order valence-corrected chi connectivity index (χ0v) is 12.9. The summed E-state index contributed by atoms with van der Waals surface area (Å²) < 4.78 is 0. The third kappa shape index (κ3) is 4.71. The van der Waals surface area contributed by atoms with Gasteiger partial charge in [0.15, 0.2) is 0 Å². The Morgan fingerprint density at radius 3 is 3.00 bits per heavy atom. The molecule has 21 heavy (non-hydrogen) atoms. The minimum absolute atomic E-state index is 0.140. The number of hydrogen-bond donors (Lipinski definition) is 2. The Kier molecular flexibility index (Phi) is 5.10. The average molecular weight is 306 g/mol. The van der Waals surface area contributed by atoms with E-state index in [9.17, 15) is 9.59 Å². The van der Waals surface area contributed by atoms with Crippen molar-refractivity contribution in [1.29, 1.82) is 0 Å². The van der Waals surface area contributed by atoms with Crippen molar-refractivity contribution in [2.45, 2.75) is 19.9 Å². The van der Waals surface area contributed by atoms with Gasteiger partial charge in [0.1, 0.15) is 5.82 Å². The van der Waals surface area contributed by atoms with Gasteiger partial charge in [0, 0.05) is 36.7 Å². The maximum Gasteiger partial charge on any atom is 0.317 e. The molecule has 112 valence electrons. The van der Waals surface area contributed by atoms with E-state index in [-0.39, 0.29) is 11.6 Å². The standard InChI is InChI=1S/C14H18N4O2S/c1-10-8-13(19)17-12(16-10)5-6-15-14(20)18(2)9-11-4-3-7-21-11/h3-4,7-8H,5-6,9H2,1-2H3,(H,15,20)(H,16,17,19). The van der Waals surface area contributed by atoms with Gasteiger partial charge in [0.25, 0.3) is 5.56 Å². The molecule has 0 saturated heterocycles. The first-order chi connectivity index (χ1) is 10.0. The van der Waals surface area contributed by atoms with Gasteiger partial charge in [-0.1, -0.05) is 6.07 Å². The zero-order valence-electron chi connectivity index (χ0n) is 12.0. The topological polar surface area (TPSA) is 78.1 Å². The second-order valence-corrected chi connectivity index (χ2v) is 5.78. The van der Waals surface area contributed by atoms with Crippen LogP contribution in [0.4, 0.5) is 4.79 Å². The number of aromatic nitrogens is 2. The van der Waals surface area contributed by atoms with Crippen LogP contribution in [0, 0.1) is 6.92 Å². The number of amides is 2. The zero-order chi connectivity index (χ0) is 15.2. The predicted molar refractivity (Wildman–Crippen MR) is 82.5 cm³/mol. The van der Waals surface area contributed by atoms with Gasteiger partial charge in [-0.3, -0.25) is 4.79 Å². The van der Waals surface area contributed by atoms with E-state index in [0.717, 1.165) is 4.88 Å². The molecule has 2 aromatic heterocycles. The number of nitrogens with one attached hydrogen (secondary N) is 2. The molecule has 0 fully saturated rings. The molecule has 2 heterocycles. The molecule has 7 heteroatoms. The summed E-state index contributed by atoms with van der Waals surface area (Å²) in [6, 6.07) is 5.26. The summed E-state index contributed by atoms with van der Waals surface area (Å²) in [7, 11) is 1.75. The van der Waals surface area contributed by atoms with Crippen LogP contribution in [0.5, 0.6) is 0 Å². The quantitative estimate of drug-likeness (QED) is 0.879. The van der Waals surface area contributed by atoms with Gasteiger partial charge in [-0.05, 0) is 18.4 Å². The van der Waals surface area contributed by atoms with Crippen molar-refractivity contribution in [2.24, 2.45) is 0 Å². The van der Waals surface area contributed by atoms with Crippen LogP contribution in [0.2, 0.25) is 0 Å². The van der Waals surface area contributed by atoms with Crippen LogP contribution in [-0.4, -0.2) is 34.5 Å². The molecule has 0 unspecified atom stereocenters. The van der Waals surface area contributed by atoms with Gasteiger partial charge in [0.05, 0.1) is 6.54 Å². The normalized spacial score (nSPS) is 10.4. The first-order valence-electron chi connectivity index (χ1n) is 6.63. The molecule has 6 nitrogen and oxygen atoms in total. The molecule has 0 aromatic carbocycles. The first kappa shape index (κ1) is 15.2. The van der Waals surface area contributed by atoms with E-state index in [4.69, 9.17) is 0 Å². The van der Waals surface area contributed by atoms with Crippen molar-refractivity contribution in [3.8, 4) is 0 Å². The van der Waals surface area contributed by atoms with Crippen LogP contribution in [0.25, 0.3) is 0 Å². The highest BCUT2D eigenvalue weighted by Crippen LogP contribution is 2.10. The Morgan fingerprint density at radius 1 is 1.52 bits per heavy atom. The van der Waals surface area contributed by atoms with Gasteiger partial charge in [-0.25, -0.2) is 9.78 Å². The number of aryl methyl sites for hydroxylation is 1. The van der Waals surface area contributed by atoms with Crippen LogP contribution in [-0.2, 0) is 13.0 Å². The lowest BCUT2D eigenvalue weighted by molar-refractivity contribution is 0.207. The Bertz CT molecular complexity index is 651. The van der Waals surface area contributed by atoms with Crippen LogP contribution < -0.4 is 10.9 Å². The van der Waals surface area contributed by atoms with Gasteiger partial charge >= 0.3 is 6.03 Å². The third-order valence-corrected chi connectivity index (χ3v) is 3.74. The SMILES string of the molecule is Cc1cc(=O)[nH]c(CCNC(=O)N(C)Cc2cccs2)n1. The number of aromatic amines is 1. The summed E-state index contributed by atoms with van der Waals surface area (Å²) in [5, 5.41) is 4.80. The highest BCUT2D eigenvalue weighted by molar-refractivity contribution is 7.09. The summed E-state index contributed by atoms with van der Waals surface area (Å²) >= 11 is 1.62. The third-order valence-electron chi connectivity index (χ3n) is 2.88.